The molecule has 1 atom stereocenters. The molecule has 1 aliphatic heterocycles. The highest BCUT2D eigenvalue weighted by molar-refractivity contribution is 5.92. The van der Waals surface area contributed by atoms with Gasteiger partial charge in [0.15, 0.2) is 0 Å². The Morgan fingerprint density at radius 1 is 1.55 bits per heavy atom. The zero-order valence-electron chi connectivity index (χ0n) is 11.6. The number of hydrogen-bond donors (Lipinski definition) is 2. The third-order valence-electron chi connectivity index (χ3n) is 3.19. The Bertz CT molecular complexity index is 536. The molecule has 1 saturated heterocycles. The zero-order chi connectivity index (χ0) is 14.4. The van der Waals surface area contributed by atoms with Gasteiger partial charge in [-0.1, -0.05) is 17.9 Å². The molecule has 1 aromatic carbocycles. The van der Waals surface area contributed by atoms with Gasteiger partial charge in [0.25, 0.3) is 0 Å². The Morgan fingerprint density at radius 2 is 2.40 bits per heavy atom. The first-order valence-corrected chi connectivity index (χ1v) is 6.81. The minimum atomic E-state index is -0.197. The number of anilines is 1. The fourth-order valence-corrected chi connectivity index (χ4v) is 2.22. The highest BCUT2D eigenvalue weighted by atomic mass is 16.5. The zero-order valence-corrected chi connectivity index (χ0v) is 11.6. The summed E-state index contributed by atoms with van der Waals surface area (Å²) in [5, 5.41) is 11.7. The molecule has 0 saturated carbocycles. The smallest absolute Gasteiger partial charge is 0.227 e. The maximum atomic E-state index is 12.0. The lowest BCUT2D eigenvalue weighted by Gasteiger charge is -2.11. The Labute approximate surface area is 119 Å². The van der Waals surface area contributed by atoms with Crippen LogP contribution < -0.4 is 5.32 Å². The van der Waals surface area contributed by atoms with Crippen molar-refractivity contribution < 1.29 is 14.6 Å². The van der Waals surface area contributed by atoms with Gasteiger partial charge in [0, 0.05) is 12.2 Å². The van der Waals surface area contributed by atoms with Crippen molar-refractivity contribution in [3.8, 4) is 11.8 Å². The van der Waals surface area contributed by atoms with Crippen molar-refractivity contribution in [2.45, 2.75) is 32.3 Å². The van der Waals surface area contributed by atoms with E-state index in [-0.39, 0.29) is 18.6 Å². The summed E-state index contributed by atoms with van der Waals surface area (Å²) in [4.78, 5) is 12.0. The lowest BCUT2D eigenvalue weighted by molar-refractivity contribution is -0.118. The van der Waals surface area contributed by atoms with Crippen LogP contribution in [0.2, 0.25) is 0 Å². The number of ether oxygens (including phenoxy) is 1. The van der Waals surface area contributed by atoms with E-state index in [4.69, 9.17) is 9.84 Å². The Morgan fingerprint density at radius 3 is 3.10 bits per heavy atom. The summed E-state index contributed by atoms with van der Waals surface area (Å²) < 4.78 is 5.46. The first kappa shape index (κ1) is 14.6. The van der Waals surface area contributed by atoms with Crippen LogP contribution in [0.25, 0.3) is 0 Å². The Balaban J connectivity index is 2.06. The van der Waals surface area contributed by atoms with Crippen LogP contribution in [0.5, 0.6) is 0 Å². The SMILES string of the molecule is Cc1ccc(C#CCO)c(NC(=O)CC2CCCO2)c1. The number of carbonyl (C=O) groups is 1. The molecule has 4 heteroatoms. The Hall–Kier alpha value is -1.83. The van der Waals surface area contributed by atoms with Crippen LogP contribution in [-0.4, -0.2) is 30.3 Å². The molecule has 1 unspecified atom stereocenters. The van der Waals surface area contributed by atoms with Gasteiger partial charge in [-0.25, -0.2) is 0 Å². The molecule has 1 fully saturated rings. The second kappa shape index (κ2) is 7.09. The topological polar surface area (TPSA) is 58.6 Å². The number of aryl methyl sites for hydroxylation is 1. The van der Waals surface area contributed by atoms with Crippen LogP contribution in [0.1, 0.15) is 30.4 Å². The van der Waals surface area contributed by atoms with Crippen molar-refractivity contribution in [2.24, 2.45) is 0 Å². The van der Waals surface area contributed by atoms with E-state index < -0.39 is 0 Å². The summed E-state index contributed by atoms with van der Waals surface area (Å²) in [6.07, 6.45) is 2.38. The number of aliphatic hydroxyl groups is 1. The van der Waals surface area contributed by atoms with E-state index >= 15 is 0 Å². The number of nitrogens with one attached hydrogen (secondary N) is 1. The molecular formula is C16H19NO3. The number of hydrogen-bond acceptors (Lipinski definition) is 3. The third-order valence-corrected chi connectivity index (χ3v) is 3.19. The summed E-state index contributed by atoms with van der Waals surface area (Å²) in [7, 11) is 0. The number of rotatable bonds is 3. The van der Waals surface area contributed by atoms with Gasteiger partial charge in [-0.05, 0) is 37.5 Å². The van der Waals surface area contributed by atoms with E-state index in [9.17, 15) is 4.79 Å². The van der Waals surface area contributed by atoms with Crippen LogP contribution in [0.3, 0.4) is 0 Å². The standard InChI is InChI=1S/C16H19NO3/c1-12-6-7-13(4-2-8-18)15(10-12)17-16(19)11-14-5-3-9-20-14/h6-7,10,14,18H,3,5,8-9,11H2,1H3,(H,17,19). The number of carbonyl (C=O) groups excluding carboxylic acids is 1. The molecule has 0 aliphatic carbocycles. The minimum absolute atomic E-state index is 0.0341. The molecule has 0 aromatic heterocycles. The second-order valence-corrected chi connectivity index (χ2v) is 4.90. The van der Waals surface area contributed by atoms with Crippen LogP contribution >= 0.6 is 0 Å². The molecule has 1 amide bonds. The van der Waals surface area contributed by atoms with Crippen molar-refractivity contribution in [1.29, 1.82) is 0 Å². The van der Waals surface area contributed by atoms with Crippen LogP contribution in [0.15, 0.2) is 18.2 Å². The Kier molecular flexibility index (Phi) is 5.16. The fraction of sp³-hybridized carbons (Fsp3) is 0.438. The average molecular weight is 273 g/mol. The average Bonchev–Trinajstić information content (AvgIpc) is 2.90. The van der Waals surface area contributed by atoms with E-state index in [1.807, 2.05) is 25.1 Å². The molecule has 106 valence electrons. The van der Waals surface area contributed by atoms with Gasteiger partial charge in [-0.2, -0.15) is 0 Å². The number of amides is 1. The molecular weight excluding hydrogens is 254 g/mol. The summed E-state index contributed by atoms with van der Waals surface area (Å²) in [5.74, 6) is 5.38. The molecule has 4 nitrogen and oxygen atoms in total. The highest BCUT2D eigenvalue weighted by Crippen LogP contribution is 2.19. The van der Waals surface area contributed by atoms with Crippen molar-refractivity contribution in [3.63, 3.8) is 0 Å². The molecule has 1 heterocycles. The molecule has 0 spiro atoms. The normalized spacial score (nSPS) is 17.4. The van der Waals surface area contributed by atoms with Gasteiger partial charge in [0.1, 0.15) is 6.61 Å². The first-order chi connectivity index (χ1) is 9.69. The quantitative estimate of drug-likeness (QED) is 0.826. The maximum Gasteiger partial charge on any atom is 0.227 e. The highest BCUT2D eigenvalue weighted by Gasteiger charge is 2.19. The molecule has 1 aliphatic rings. The predicted octanol–water partition coefficient (Wildman–Crippen LogP) is 1.85. The van der Waals surface area contributed by atoms with Crippen molar-refractivity contribution in [2.75, 3.05) is 18.5 Å². The van der Waals surface area contributed by atoms with E-state index in [0.29, 0.717) is 17.7 Å². The van der Waals surface area contributed by atoms with E-state index in [2.05, 4.69) is 17.2 Å². The molecule has 1 aromatic rings. The van der Waals surface area contributed by atoms with Crippen molar-refractivity contribution >= 4 is 11.6 Å². The van der Waals surface area contributed by atoms with Gasteiger partial charge in [0.2, 0.25) is 5.91 Å². The van der Waals surface area contributed by atoms with Crippen molar-refractivity contribution in [3.05, 3.63) is 29.3 Å². The van der Waals surface area contributed by atoms with Gasteiger partial charge in [-0.15, -0.1) is 0 Å². The fourth-order valence-electron chi connectivity index (χ4n) is 2.22. The van der Waals surface area contributed by atoms with Gasteiger partial charge in [0.05, 0.1) is 18.2 Å². The maximum absolute atomic E-state index is 12.0. The van der Waals surface area contributed by atoms with E-state index in [1.54, 1.807) is 0 Å². The van der Waals surface area contributed by atoms with Crippen molar-refractivity contribution in [1.82, 2.24) is 0 Å². The number of benzene rings is 1. The van der Waals surface area contributed by atoms with Crippen LogP contribution in [-0.2, 0) is 9.53 Å². The largest absolute Gasteiger partial charge is 0.384 e. The van der Waals surface area contributed by atoms with Gasteiger partial charge >= 0.3 is 0 Å². The monoisotopic (exact) mass is 273 g/mol. The summed E-state index contributed by atoms with van der Waals surface area (Å²) >= 11 is 0. The molecule has 2 N–H and O–H groups in total. The lowest BCUT2D eigenvalue weighted by Crippen LogP contribution is -2.19. The van der Waals surface area contributed by atoms with Gasteiger partial charge in [-0.3, -0.25) is 4.79 Å². The first-order valence-electron chi connectivity index (χ1n) is 6.81. The summed E-state index contributed by atoms with van der Waals surface area (Å²) in [6.45, 7) is 2.51. The molecule has 0 bridgehead atoms. The number of aliphatic hydroxyl groups excluding tert-OH is 1. The molecule has 2 rings (SSSR count). The third kappa shape index (κ3) is 4.09. The van der Waals surface area contributed by atoms with E-state index in [1.165, 1.54) is 0 Å². The summed E-state index contributed by atoms with van der Waals surface area (Å²) in [5.41, 5.74) is 2.45. The van der Waals surface area contributed by atoms with Gasteiger partial charge < -0.3 is 15.2 Å². The predicted molar refractivity (Wildman–Crippen MR) is 77.4 cm³/mol. The minimum Gasteiger partial charge on any atom is -0.384 e. The van der Waals surface area contributed by atoms with Crippen LogP contribution in [0.4, 0.5) is 5.69 Å². The molecule has 20 heavy (non-hydrogen) atoms. The lowest BCUT2D eigenvalue weighted by atomic mass is 10.1. The van der Waals surface area contributed by atoms with E-state index in [0.717, 1.165) is 25.0 Å². The summed E-state index contributed by atoms with van der Waals surface area (Å²) in [6, 6.07) is 5.66. The second-order valence-electron chi connectivity index (χ2n) is 4.90. The molecule has 0 radical (unpaired) electrons. The van der Waals surface area contributed by atoms with Crippen LogP contribution in [0, 0.1) is 18.8 Å².